The third kappa shape index (κ3) is 3.90. The summed E-state index contributed by atoms with van der Waals surface area (Å²) in [5.74, 6) is 2.19. The zero-order valence-corrected chi connectivity index (χ0v) is 18.5. The lowest BCUT2D eigenvalue weighted by Crippen LogP contribution is -2.23. The van der Waals surface area contributed by atoms with Crippen molar-refractivity contribution in [3.05, 3.63) is 54.0 Å². The number of nitrogens with zero attached hydrogens (tertiary/aromatic N) is 7. The van der Waals surface area contributed by atoms with Crippen LogP contribution in [0, 0.1) is 0 Å². The molecule has 1 aliphatic carbocycles. The SMILES string of the molecule is Cn1nnc(-c2cnc3c(c2)[nH]c2nc(Cc4ccccc4)nc(NC4CCCCC4)c23)n1. The van der Waals surface area contributed by atoms with Gasteiger partial charge in [0.1, 0.15) is 22.8 Å². The quantitative estimate of drug-likeness (QED) is 0.425. The Morgan fingerprint density at radius 3 is 2.73 bits per heavy atom. The minimum absolute atomic E-state index is 0.425. The van der Waals surface area contributed by atoms with E-state index in [4.69, 9.17) is 15.0 Å². The van der Waals surface area contributed by atoms with E-state index >= 15 is 0 Å². The van der Waals surface area contributed by atoms with E-state index in [0.29, 0.717) is 18.3 Å². The first-order valence-electron chi connectivity index (χ1n) is 11.5. The van der Waals surface area contributed by atoms with E-state index in [1.165, 1.54) is 29.6 Å². The van der Waals surface area contributed by atoms with Gasteiger partial charge in [-0.1, -0.05) is 49.6 Å². The minimum atomic E-state index is 0.425. The van der Waals surface area contributed by atoms with Crippen molar-refractivity contribution >= 4 is 27.9 Å². The smallest absolute Gasteiger partial charge is 0.206 e. The number of H-pyrrole nitrogens is 1. The molecule has 1 saturated carbocycles. The number of fused-ring (bicyclic) bond motifs is 3. The van der Waals surface area contributed by atoms with Crippen LogP contribution in [-0.4, -0.2) is 46.2 Å². The molecule has 1 fully saturated rings. The number of rotatable bonds is 5. The van der Waals surface area contributed by atoms with Crippen molar-refractivity contribution < 1.29 is 0 Å². The standard InChI is InChI=1S/C24H25N9/c1-33-31-22(30-32-33)16-13-18-21(25-14-16)20-23(26-17-10-6-3-7-11-17)28-19(29-24(20)27-18)12-15-8-4-2-5-9-15/h2,4-5,8-9,13-14,17H,3,6-7,10-12H2,1H3,(H2,26,27,28,29). The molecule has 5 aromatic rings. The molecule has 0 saturated heterocycles. The van der Waals surface area contributed by atoms with Gasteiger partial charge in [-0.3, -0.25) is 4.98 Å². The molecule has 4 aromatic heterocycles. The first-order chi connectivity index (χ1) is 16.2. The fraction of sp³-hybridized carbons (Fsp3) is 0.333. The Morgan fingerprint density at radius 2 is 1.94 bits per heavy atom. The Labute approximate surface area is 190 Å². The molecular weight excluding hydrogens is 414 g/mol. The molecule has 0 amide bonds. The van der Waals surface area contributed by atoms with Gasteiger partial charge in [-0.15, -0.1) is 10.2 Å². The number of tetrazole rings is 1. The number of aryl methyl sites for hydroxylation is 1. The lowest BCUT2D eigenvalue weighted by Gasteiger charge is -2.23. The fourth-order valence-electron chi connectivity index (χ4n) is 4.63. The lowest BCUT2D eigenvalue weighted by atomic mass is 9.95. The average molecular weight is 440 g/mol. The van der Waals surface area contributed by atoms with Gasteiger partial charge in [0.2, 0.25) is 5.82 Å². The van der Waals surface area contributed by atoms with Crippen LogP contribution in [0.2, 0.25) is 0 Å². The molecule has 0 spiro atoms. The number of aromatic amines is 1. The van der Waals surface area contributed by atoms with E-state index in [2.05, 4.69) is 37.8 Å². The van der Waals surface area contributed by atoms with Crippen LogP contribution in [0.4, 0.5) is 5.82 Å². The van der Waals surface area contributed by atoms with Gasteiger partial charge in [-0.25, -0.2) is 9.97 Å². The van der Waals surface area contributed by atoms with E-state index in [1.54, 1.807) is 13.2 Å². The van der Waals surface area contributed by atoms with Crippen LogP contribution in [0.3, 0.4) is 0 Å². The largest absolute Gasteiger partial charge is 0.367 e. The molecule has 166 valence electrons. The number of pyridine rings is 1. The Bertz CT molecular complexity index is 1410. The molecule has 1 aromatic carbocycles. The van der Waals surface area contributed by atoms with Crippen LogP contribution in [0.25, 0.3) is 33.5 Å². The second kappa shape index (κ2) is 8.23. The zero-order chi connectivity index (χ0) is 22.2. The van der Waals surface area contributed by atoms with Gasteiger partial charge in [0.05, 0.1) is 18.0 Å². The van der Waals surface area contributed by atoms with Crippen molar-refractivity contribution in [3.8, 4) is 11.4 Å². The first kappa shape index (κ1) is 19.8. The normalized spacial score (nSPS) is 14.8. The minimum Gasteiger partial charge on any atom is -0.367 e. The van der Waals surface area contributed by atoms with Crippen LogP contribution in [0.5, 0.6) is 0 Å². The molecule has 0 atom stereocenters. The maximum atomic E-state index is 4.98. The van der Waals surface area contributed by atoms with Gasteiger partial charge in [-0.2, -0.15) is 4.80 Å². The highest BCUT2D eigenvalue weighted by Crippen LogP contribution is 2.32. The average Bonchev–Trinajstić information content (AvgIpc) is 3.43. The summed E-state index contributed by atoms with van der Waals surface area (Å²) in [6.45, 7) is 0. The van der Waals surface area contributed by atoms with Gasteiger partial charge in [0.15, 0.2) is 0 Å². The number of hydrogen-bond donors (Lipinski definition) is 2. The Balaban J connectivity index is 1.46. The van der Waals surface area contributed by atoms with Crippen molar-refractivity contribution in [2.24, 2.45) is 7.05 Å². The molecule has 9 nitrogen and oxygen atoms in total. The molecule has 33 heavy (non-hydrogen) atoms. The number of aromatic nitrogens is 8. The van der Waals surface area contributed by atoms with E-state index in [9.17, 15) is 0 Å². The summed E-state index contributed by atoms with van der Waals surface area (Å²) < 4.78 is 0. The summed E-state index contributed by atoms with van der Waals surface area (Å²) in [7, 11) is 1.75. The Kier molecular flexibility index (Phi) is 4.93. The van der Waals surface area contributed by atoms with Gasteiger partial charge in [0, 0.05) is 24.2 Å². The molecule has 2 N–H and O–H groups in total. The number of hydrogen-bond acceptors (Lipinski definition) is 7. The van der Waals surface area contributed by atoms with Crippen LogP contribution in [-0.2, 0) is 13.5 Å². The molecule has 0 aliphatic heterocycles. The summed E-state index contributed by atoms with van der Waals surface area (Å²) in [4.78, 5) is 19.5. The summed E-state index contributed by atoms with van der Waals surface area (Å²) in [6.07, 6.45) is 8.61. The highest BCUT2D eigenvalue weighted by molar-refractivity contribution is 6.09. The van der Waals surface area contributed by atoms with Gasteiger partial charge < -0.3 is 10.3 Å². The number of benzene rings is 1. The van der Waals surface area contributed by atoms with Crippen molar-refractivity contribution in [2.75, 3.05) is 5.32 Å². The highest BCUT2D eigenvalue weighted by atomic mass is 15.6. The fourth-order valence-corrected chi connectivity index (χ4v) is 4.63. The number of anilines is 1. The highest BCUT2D eigenvalue weighted by Gasteiger charge is 2.20. The summed E-state index contributed by atoms with van der Waals surface area (Å²) in [6, 6.07) is 12.8. The first-order valence-corrected chi connectivity index (χ1v) is 11.5. The Hall–Kier alpha value is -3.88. The molecule has 0 bridgehead atoms. The summed E-state index contributed by atoms with van der Waals surface area (Å²) >= 11 is 0. The van der Waals surface area contributed by atoms with E-state index < -0.39 is 0 Å². The maximum Gasteiger partial charge on any atom is 0.206 e. The molecule has 4 heterocycles. The van der Waals surface area contributed by atoms with E-state index in [0.717, 1.165) is 52.1 Å². The van der Waals surface area contributed by atoms with Crippen LogP contribution in [0.15, 0.2) is 42.6 Å². The van der Waals surface area contributed by atoms with Gasteiger partial charge >= 0.3 is 0 Å². The van der Waals surface area contributed by atoms with E-state index in [1.807, 2.05) is 24.3 Å². The number of nitrogens with one attached hydrogen (secondary N) is 2. The van der Waals surface area contributed by atoms with Crippen molar-refractivity contribution in [2.45, 2.75) is 44.6 Å². The summed E-state index contributed by atoms with van der Waals surface area (Å²) in [5.41, 5.74) is 4.52. The van der Waals surface area contributed by atoms with Gasteiger partial charge in [-0.05, 0) is 29.7 Å². The second-order valence-electron chi connectivity index (χ2n) is 8.70. The van der Waals surface area contributed by atoms with Crippen molar-refractivity contribution in [1.82, 2.24) is 40.1 Å². The molecule has 1 aliphatic rings. The molecule has 0 unspecified atom stereocenters. The topological polar surface area (TPSA) is 110 Å². The zero-order valence-electron chi connectivity index (χ0n) is 18.5. The third-order valence-corrected chi connectivity index (χ3v) is 6.25. The predicted octanol–water partition coefficient (Wildman–Crippen LogP) is 4.03. The lowest BCUT2D eigenvalue weighted by molar-refractivity contribution is 0.462. The molecule has 6 rings (SSSR count). The van der Waals surface area contributed by atoms with Crippen LogP contribution in [0.1, 0.15) is 43.5 Å². The van der Waals surface area contributed by atoms with Gasteiger partial charge in [0.25, 0.3) is 0 Å². The van der Waals surface area contributed by atoms with Crippen LogP contribution >= 0.6 is 0 Å². The predicted molar refractivity (Wildman–Crippen MR) is 127 cm³/mol. The summed E-state index contributed by atoms with van der Waals surface area (Å²) in [5, 5.41) is 17.0. The van der Waals surface area contributed by atoms with Crippen molar-refractivity contribution in [1.29, 1.82) is 0 Å². The molecule has 0 radical (unpaired) electrons. The Morgan fingerprint density at radius 1 is 1.09 bits per heavy atom. The maximum absolute atomic E-state index is 4.98. The second-order valence-corrected chi connectivity index (χ2v) is 8.70. The monoisotopic (exact) mass is 439 g/mol. The third-order valence-electron chi connectivity index (χ3n) is 6.25. The molecule has 9 heteroatoms. The van der Waals surface area contributed by atoms with Crippen LogP contribution < -0.4 is 5.32 Å². The van der Waals surface area contributed by atoms with E-state index in [-0.39, 0.29) is 0 Å². The van der Waals surface area contributed by atoms with Crippen molar-refractivity contribution in [3.63, 3.8) is 0 Å². The molecular formula is C24H25N9.